The molecule has 0 saturated heterocycles. The van der Waals surface area contributed by atoms with Crippen LogP contribution in [0.15, 0.2) is 71.2 Å². The van der Waals surface area contributed by atoms with E-state index in [0.717, 1.165) is 30.4 Å². The molecule has 28 heavy (non-hydrogen) atoms. The number of pyridine rings is 1. The smallest absolute Gasteiger partial charge is 0.191 e. The monoisotopic (exact) mass is 508 g/mol. The van der Waals surface area contributed by atoms with Crippen LogP contribution in [-0.4, -0.2) is 24.5 Å². The number of nitrogens with one attached hydrogen (secondary N) is 2. The molecular formula is C21H25IN4OS. The molecule has 2 heterocycles. The Kier molecular flexibility index (Phi) is 9.78. The van der Waals surface area contributed by atoms with Crippen molar-refractivity contribution in [2.75, 3.05) is 13.6 Å². The fourth-order valence-electron chi connectivity index (χ4n) is 2.51. The average molecular weight is 508 g/mol. The summed E-state index contributed by atoms with van der Waals surface area (Å²) < 4.78 is 5.76. The Hall–Kier alpha value is -2.13. The van der Waals surface area contributed by atoms with Gasteiger partial charge in [0.15, 0.2) is 5.96 Å². The largest absolute Gasteiger partial charge is 0.487 e. The highest BCUT2D eigenvalue weighted by molar-refractivity contribution is 14.0. The van der Waals surface area contributed by atoms with E-state index in [2.05, 4.69) is 50.3 Å². The van der Waals surface area contributed by atoms with Crippen molar-refractivity contribution in [3.8, 4) is 5.75 Å². The summed E-state index contributed by atoms with van der Waals surface area (Å²) in [6.45, 7) is 2.04. The normalized spacial score (nSPS) is 10.8. The van der Waals surface area contributed by atoms with E-state index in [1.807, 2.05) is 30.3 Å². The van der Waals surface area contributed by atoms with E-state index in [9.17, 15) is 0 Å². The van der Waals surface area contributed by atoms with Gasteiger partial charge in [0.2, 0.25) is 0 Å². The van der Waals surface area contributed by atoms with Crippen LogP contribution in [0.2, 0.25) is 0 Å². The summed E-state index contributed by atoms with van der Waals surface area (Å²) in [5, 5.41) is 8.78. The van der Waals surface area contributed by atoms with Gasteiger partial charge in [0.05, 0.1) is 5.69 Å². The molecule has 0 aliphatic rings. The molecule has 3 aromatic rings. The van der Waals surface area contributed by atoms with Gasteiger partial charge >= 0.3 is 0 Å². The molecule has 7 heteroatoms. The van der Waals surface area contributed by atoms with Crippen molar-refractivity contribution in [1.82, 2.24) is 15.6 Å². The molecule has 3 rings (SSSR count). The number of guanidine groups is 1. The van der Waals surface area contributed by atoms with Gasteiger partial charge in [0.1, 0.15) is 12.4 Å². The van der Waals surface area contributed by atoms with E-state index in [4.69, 9.17) is 4.74 Å². The highest BCUT2D eigenvalue weighted by Crippen LogP contribution is 2.13. The minimum absolute atomic E-state index is 0. The van der Waals surface area contributed by atoms with Gasteiger partial charge in [0.25, 0.3) is 0 Å². The van der Waals surface area contributed by atoms with Gasteiger partial charge in [0, 0.05) is 31.2 Å². The number of nitrogens with zero attached hydrogens (tertiary/aromatic N) is 2. The Morgan fingerprint density at radius 1 is 1.07 bits per heavy atom. The molecule has 0 radical (unpaired) electrons. The minimum Gasteiger partial charge on any atom is -0.487 e. The summed E-state index contributed by atoms with van der Waals surface area (Å²) in [5.74, 6) is 1.64. The molecule has 0 aliphatic carbocycles. The molecular weight excluding hydrogens is 483 g/mol. The predicted molar refractivity (Wildman–Crippen MR) is 127 cm³/mol. The van der Waals surface area contributed by atoms with Crippen LogP contribution in [0.3, 0.4) is 0 Å². The second kappa shape index (κ2) is 12.4. The maximum absolute atomic E-state index is 5.76. The van der Waals surface area contributed by atoms with Gasteiger partial charge in [-0.25, -0.2) is 0 Å². The Balaban J connectivity index is 0.00000280. The molecule has 0 fully saturated rings. The summed E-state index contributed by atoms with van der Waals surface area (Å²) in [6, 6.07) is 18.1. The van der Waals surface area contributed by atoms with Gasteiger partial charge in [-0.2, -0.15) is 0 Å². The zero-order valence-corrected chi connectivity index (χ0v) is 18.9. The number of hydrogen-bond acceptors (Lipinski definition) is 4. The molecule has 0 unspecified atom stereocenters. The molecule has 1 aromatic carbocycles. The highest BCUT2D eigenvalue weighted by atomic mass is 127. The van der Waals surface area contributed by atoms with Crippen molar-refractivity contribution < 1.29 is 4.74 Å². The number of halogens is 1. The number of aromatic nitrogens is 1. The van der Waals surface area contributed by atoms with Crippen LogP contribution in [0, 0.1) is 0 Å². The van der Waals surface area contributed by atoms with Crippen molar-refractivity contribution in [3.63, 3.8) is 0 Å². The minimum atomic E-state index is 0. The van der Waals surface area contributed by atoms with Crippen molar-refractivity contribution in [3.05, 3.63) is 82.3 Å². The molecule has 0 aliphatic heterocycles. The molecule has 0 spiro atoms. The average Bonchev–Trinajstić information content (AvgIpc) is 3.24. The fourth-order valence-corrected chi connectivity index (χ4v) is 3.22. The van der Waals surface area contributed by atoms with Crippen LogP contribution >= 0.6 is 35.3 Å². The van der Waals surface area contributed by atoms with Crippen molar-refractivity contribution >= 4 is 41.3 Å². The number of aliphatic imine (C=N–C) groups is 1. The topological polar surface area (TPSA) is 58.5 Å². The fraction of sp³-hybridized carbons (Fsp3) is 0.238. The first-order valence-corrected chi connectivity index (χ1v) is 9.80. The van der Waals surface area contributed by atoms with Crippen LogP contribution in [0.4, 0.5) is 0 Å². The van der Waals surface area contributed by atoms with Gasteiger partial charge in [-0.1, -0.05) is 24.3 Å². The van der Waals surface area contributed by atoms with Crippen LogP contribution in [0.25, 0.3) is 0 Å². The Labute approximate surface area is 187 Å². The van der Waals surface area contributed by atoms with Crippen LogP contribution in [0.5, 0.6) is 5.75 Å². The van der Waals surface area contributed by atoms with E-state index in [0.29, 0.717) is 13.2 Å². The zero-order valence-electron chi connectivity index (χ0n) is 15.8. The molecule has 0 saturated carbocycles. The lowest BCUT2D eigenvalue weighted by Crippen LogP contribution is -2.37. The van der Waals surface area contributed by atoms with Crippen LogP contribution < -0.4 is 15.4 Å². The summed E-state index contributed by atoms with van der Waals surface area (Å²) in [5.41, 5.74) is 2.09. The SMILES string of the molecule is CN=C(NCCc1cccs1)NCc1ccc(OCc2ccccn2)cc1.I. The summed E-state index contributed by atoms with van der Waals surface area (Å²) >= 11 is 1.78. The number of hydrogen-bond donors (Lipinski definition) is 2. The first-order valence-electron chi connectivity index (χ1n) is 8.92. The Morgan fingerprint density at radius 2 is 1.93 bits per heavy atom. The van der Waals surface area contributed by atoms with E-state index >= 15 is 0 Å². The standard InChI is InChI=1S/C21H24N4OS.HI/c1-22-21(24-13-11-20-6-4-14-27-20)25-15-17-7-9-19(10-8-17)26-16-18-5-2-3-12-23-18;/h2-10,12,14H,11,13,15-16H2,1H3,(H2,22,24,25);1H. The Morgan fingerprint density at radius 3 is 2.61 bits per heavy atom. The number of benzene rings is 1. The van der Waals surface area contributed by atoms with Crippen molar-refractivity contribution in [2.45, 2.75) is 19.6 Å². The number of ether oxygens (including phenoxy) is 1. The second-order valence-electron chi connectivity index (χ2n) is 5.94. The van der Waals surface area contributed by atoms with Gasteiger partial charge < -0.3 is 15.4 Å². The van der Waals surface area contributed by atoms with Crippen molar-refractivity contribution in [1.29, 1.82) is 0 Å². The highest BCUT2D eigenvalue weighted by Gasteiger charge is 2.01. The molecule has 5 nitrogen and oxygen atoms in total. The lowest BCUT2D eigenvalue weighted by atomic mass is 10.2. The summed E-state index contributed by atoms with van der Waals surface area (Å²) in [6.07, 6.45) is 2.77. The molecule has 148 valence electrons. The summed E-state index contributed by atoms with van der Waals surface area (Å²) in [7, 11) is 1.79. The zero-order chi connectivity index (χ0) is 18.7. The van der Waals surface area contributed by atoms with E-state index < -0.39 is 0 Å². The first kappa shape index (κ1) is 22.2. The maximum atomic E-state index is 5.76. The van der Waals surface area contributed by atoms with E-state index in [1.165, 1.54) is 10.4 Å². The molecule has 2 N–H and O–H groups in total. The third-order valence-corrected chi connectivity index (χ3v) is 4.90. The molecule has 2 aromatic heterocycles. The quantitative estimate of drug-likeness (QED) is 0.272. The van der Waals surface area contributed by atoms with Crippen LogP contribution in [0.1, 0.15) is 16.1 Å². The maximum Gasteiger partial charge on any atom is 0.191 e. The third kappa shape index (κ3) is 7.47. The van der Waals surface area contributed by atoms with Gasteiger partial charge in [-0.15, -0.1) is 35.3 Å². The van der Waals surface area contributed by atoms with E-state index in [1.54, 1.807) is 24.6 Å². The van der Waals surface area contributed by atoms with Crippen molar-refractivity contribution in [2.24, 2.45) is 4.99 Å². The van der Waals surface area contributed by atoms with Gasteiger partial charge in [-0.05, 0) is 47.7 Å². The Bertz CT molecular complexity index is 823. The lowest BCUT2D eigenvalue weighted by molar-refractivity contribution is 0.301. The first-order chi connectivity index (χ1) is 13.3. The lowest BCUT2D eigenvalue weighted by Gasteiger charge is -2.12. The predicted octanol–water partition coefficient (Wildman–Crippen LogP) is 4.25. The number of rotatable bonds is 8. The van der Waals surface area contributed by atoms with Gasteiger partial charge in [-0.3, -0.25) is 9.98 Å². The second-order valence-corrected chi connectivity index (χ2v) is 6.97. The molecule has 0 atom stereocenters. The van der Waals surface area contributed by atoms with E-state index in [-0.39, 0.29) is 24.0 Å². The molecule has 0 bridgehead atoms. The number of thiophene rings is 1. The van der Waals surface area contributed by atoms with Crippen LogP contribution in [-0.2, 0) is 19.6 Å². The third-order valence-electron chi connectivity index (χ3n) is 3.96. The summed E-state index contributed by atoms with van der Waals surface area (Å²) in [4.78, 5) is 9.90. The molecule has 0 amide bonds.